The van der Waals surface area contributed by atoms with Crippen LogP contribution in [0, 0.1) is 0 Å². The van der Waals surface area contributed by atoms with Gasteiger partial charge >= 0.3 is 0 Å². The summed E-state index contributed by atoms with van der Waals surface area (Å²) in [5, 5.41) is 0. The van der Waals surface area contributed by atoms with Crippen LogP contribution in [0.15, 0.2) is 27.7 Å². The summed E-state index contributed by atoms with van der Waals surface area (Å²) in [7, 11) is 1.63. The molecule has 106 valence electrons. The third kappa shape index (κ3) is 5.16. The second kappa shape index (κ2) is 7.92. The Hall–Kier alpha value is -0.520. The molecule has 0 saturated carbocycles. The highest BCUT2D eigenvalue weighted by molar-refractivity contribution is 9.11. The lowest BCUT2D eigenvalue weighted by molar-refractivity contribution is 0.322. The molecule has 1 atom stereocenters. The Morgan fingerprint density at radius 1 is 1.47 bits per heavy atom. The smallest absolute Gasteiger partial charge is 0.175 e. The normalized spacial score (nSPS) is 12.1. The van der Waals surface area contributed by atoms with Crippen molar-refractivity contribution in [1.82, 2.24) is 0 Å². The highest BCUT2D eigenvalue weighted by Crippen LogP contribution is 2.37. The lowest BCUT2D eigenvalue weighted by Gasteiger charge is -2.15. The van der Waals surface area contributed by atoms with E-state index in [9.17, 15) is 0 Å². The number of rotatable bonds is 7. The Morgan fingerprint density at radius 3 is 2.68 bits per heavy atom. The number of nitrogens with two attached hydrogens (primary N) is 1. The van der Waals surface area contributed by atoms with Gasteiger partial charge in [0, 0.05) is 10.5 Å². The predicted octanol–water partition coefficient (Wildman–Crippen LogP) is 4.02. The van der Waals surface area contributed by atoms with Crippen molar-refractivity contribution < 1.29 is 9.47 Å². The molecule has 5 heteroatoms. The van der Waals surface area contributed by atoms with Gasteiger partial charge in [0.25, 0.3) is 0 Å². The molecule has 0 aliphatic rings. The molecule has 0 spiro atoms. The molecule has 0 aromatic heterocycles. The molecular weight excluding hydrogens is 374 g/mol. The first-order valence-electron chi connectivity index (χ1n) is 6.06. The minimum Gasteiger partial charge on any atom is -0.493 e. The number of benzene rings is 1. The zero-order valence-electron chi connectivity index (χ0n) is 11.2. The quantitative estimate of drug-likeness (QED) is 0.761. The molecule has 0 fully saturated rings. The predicted molar refractivity (Wildman–Crippen MR) is 86.2 cm³/mol. The molecule has 1 aromatic rings. The van der Waals surface area contributed by atoms with E-state index in [1.165, 1.54) is 0 Å². The van der Waals surface area contributed by atoms with Crippen LogP contribution in [0.5, 0.6) is 11.5 Å². The van der Waals surface area contributed by atoms with Gasteiger partial charge in [-0.2, -0.15) is 0 Å². The third-order valence-electron chi connectivity index (χ3n) is 2.68. The van der Waals surface area contributed by atoms with E-state index in [0.29, 0.717) is 18.1 Å². The van der Waals surface area contributed by atoms with Gasteiger partial charge in [-0.15, -0.1) is 0 Å². The lowest BCUT2D eigenvalue weighted by Crippen LogP contribution is -2.21. The van der Waals surface area contributed by atoms with Crippen molar-refractivity contribution in [1.29, 1.82) is 0 Å². The highest BCUT2D eigenvalue weighted by Gasteiger charge is 2.13. The standard InChI is InChI=1S/C14H19Br2NO2/c1-4-11(17)5-10-6-12(16)14(13(7-10)18-3)19-8-9(2)15/h6-7,11H,2,4-5,8,17H2,1,3H3. The highest BCUT2D eigenvalue weighted by atomic mass is 79.9. The van der Waals surface area contributed by atoms with Crippen LogP contribution < -0.4 is 15.2 Å². The maximum atomic E-state index is 5.98. The SMILES string of the molecule is C=C(Br)COc1c(Br)cc(CC(N)CC)cc1OC. The zero-order valence-corrected chi connectivity index (χ0v) is 14.4. The van der Waals surface area contributed by atoms with Gasteiger partial charge < -0.3 is 15.2 Å². The largest absolute Gasteiger partial charge is 0.493 e. The Bertz CT molecular complexity index is 449. The Morgan fingerprint density at radius 2 is 2.16 bits per heavy atom. The van der Waals surface area contributed by atoms with Crippen molar-refractivity contribution in [2.75, 3.05) is 13.7 Å². The minimum absolute atomic E-state index is 0.158. The van der Waals surface area contributed by atoms with Gasteiger partial charge in [0.1, 0.15) is 6.61 Å². The van der Waals surface area contributed by atoms with Gasteiger partial charge in [0.05, 0.1) is 11.6 Å². The Balaban J connectivity index is 2.97. The van der Waals surface area contributed by atoms with Crippen LogP contribution >= 0.6 is 31.9 Å². The average Bonchev–Trinajstić information content (AvgIpc) is 2.36. The Labute approximate surface area is 131 Å². The van der Waals surface area contributed by atoms with Crippen LogP contribution in [0.25, 0.3) is 0 Å². The summed E-state index contributed by atoms with van der Waals surface area (Å²) in [5.41, 5.74) is 7.11. The van der Waals surface area contributed by atoms with Crippen LogP contribution in [0.4, 0.5) is 0 Å². The van der Waals surface area contributed by atoms with E-state index >= 15 is 0 Å². The van der Waals surface area contributed by atoms with Crippen LogP contribution in [-0.4, -0.2) is 19.8 Å². The monoisotopic (exact) mass is 391 g/mol. The van der Waals surface area contributed by atoms with Gasteiger partial charge in [-0.1, -0.05) is 29.4 Å². The van der Waals surface area contributed by atoms with E-state index in [-0.39, 0.29) is 6.04 Å². The minimum atomic E-state index is 0.158. The summed E-state index contributed by atoms with van der Waals surface area (Å²) in [6.07, 6.45) is 1.76. The van der Waals surface area contributed by atoms with Crippen LogP contribution in [0.2, 0.25) is 0 Å². The van der Waals surface area contributed by atoms with Gasteiger partial charge in [0.2, 0.25) is 0 Å². The maximum absolute atomic E-state index is 5.98. The van der Waals surface area contributed by atoms with Crippen molar-refractivity contribution in [2.45, 2.75) is 25.8 Å². The van der Waals surface area contributed by atoms with E-state index in [1.807, 2.05) is 12.1 Å². The molecule has 19 heavy (non-hydrogen) atoms. The number of hydrogen-bond donors (Lipinski definition) is 1. The number of ether oxygens (including phenoxy) is 2. The molecule has 0 radical (unpaired) electrons. The number of halogens is 2. The van der Waals surface area contributed by atoms with E-state index in [4.69, 9.17) is 15.2 Å². The second-order valence-corrected chi connectivity index (χ2v) is 6.26. The fraction of sp³-hybridized carbons (Fsp3) is 0.429. The molecule has 0 saturated heterocycles. The van der Waals surface area contributed by atoms with Crippen LogP contribution in [-0.2, 0) is 6.42 Å². The maximum Gasteiger partial charge on any atom is 0.175 e. The van der Waals surface area contributed by atoms with E-state index in [1.54, 1.807) is 7.11 Å². The molecule has 3 nitrogen and oxygen atoms in total. The lowest BCUT2D eigenvalue weighted by atomic mass is 10.0. The van der Waals surface area contributed by atoms with Crippen molar-refractivity contribution in [3.05, 3.63) is 33.2 Å². The van der Waals surface area contributed by atoms with Crippen molar-refractivity contribution in [3.8, 4) is 11.5 Å². The summed E-state index contributed by atoms with van der Waals surface area (Å²) in [6, 6.07) is 4.14. The summed E-state index contributed by atoms with van der Waals surface area (Å²) in [6.45, 7) is 6.21. The van der Waals surface area contributed by atoms with Gasteiger partial charge in [-0.05, 0) is 46.5 Å². The summed E-state index contributed by atoms with van der Waals surface area (Å²) in [5.74, 6) is 1.37. The van der Waals surface area contributed by atoms with Crippen LogP contribution in [0.3, 0.4) is 0 Å². The molecule has 0 bridgehead atoms. The summed E-state index contributed by atoms with van der Waals surface area (Å²) >= 11 is 6.78. The summed E-state index contributed by atoms with van der Waals surface area (Å²) < 4.78 is 12.7. The molecule has 2 N–H and O–H groups in total. The van der Waals surface area contributed by atoms with Crippen molar-refractivity contribution in [3.63, 3.8) is 0 Å². The fourth-order valence-corrected chi connectivity index (χ4v) is 2.35. The molecule has 0 aliphatic carbocycles. The van der Waals surface area contributed by atoms with E-state index in [0.717, 1.165) is 27.4 Å². The van der Waals surface area contributed by atoms with Crippen LogP contribution in [0.1, 0.15) is 18.9 Å². The third-order valence-corrected chi connectivity index (χ3v) is 3.50. The first kappa shape index (κ1) is 16.5. The zero-order chi connectivity index (χ0) is 14.4. The first-order valence-corrected chi connectivity index (χ1v) is 7.64. The topological polar surface area (TPSA) is 44.5 Å². The number of hydrogen-bond acceptors (Lipinski definition) is 3. The fourth-order valence-electron chi connectivity index (χ4n) is 1.63. The van der Waals surface area contributed by atoms with Gasteiger partial charge in [-0.25, -0.2) is 0 Å². The molecule has 1 rings (SSSR count). The first-order chi connectivity index (χ1) is 8.97. The molecular formula is C14H19Br2NO2. The molecule has 1 unspecified atom stereocenters. The number of methoxy groups -OCH3 is 1. The molecule has 0 aliphatic heterocycles. The average molecular weight is 393 g/mol. The van der Waals surface area contributed by atoms with Gasteiger partial charge in [-0.3, -0.25) is 0 Å². The Kier molecular flexibility index (Phi) is 6.89. The van der Waals surface area contributed by atoms with Crippen molar-refractivity contribution in [2.24, 2.45) is 5.73 Å². The second-order valence-electron chi connectivity index (χ2n) is 4.29. The molecule has 1 aromatic carbocycles. The molecule has 0 heterocycles. The van der Waals surface area contributed by atoms with E-state index < -0.39 is 0 Å². The van der Waals surface area contributed by atoms with Crippen molar-refractivity contribution >= 4 is 31.9 Å². The van der Waals surface area contributed by atoms with E-state index in [2.05, 4.69) is 45.4 Å². The summed E-state index contributed by atoms with van der Waals surface area (Å²) in [4.78, 5) is 0. The van der Waals surface area contributed by atoms with Gasteiger partial charge in [0.15, 0.2) is 11.5 Å². The molecule has 0 amide bonds.